The minimum atomic E-state index is -2.95. The molecule has 0 aliphatic rings. The van der Waals surface area contributed by atoms with E-state index in [9.17, 15) is 14.0 Å². The van der Waals surface area contributed by atoms with Crippen LogP contribution >= 0.6 is 11.6 Å². The van der Waals surface area contributed by atoms with Crippen LogP contribution in [0.1, 0.15) is 25.5 Å². The molecule has 0 fully saturated rings. The maximum absolute atomic E-state index is 12.7. The molecule has 144 valence electrons. The van der Waals surface area contributed by atoms with Crippen LogP contribution in [0.2, 0.25) is 5.02 Å². The predicted octanol–water partition coefficient (Wildman–Crippen LogP) is 6.21. The predicted molar refractivity (Wildman–Crippen MR) is 104 cm³/mol. The van der Waals surface area contributed by atoms with Crippen molar-refractivity contribution in [3.05, 3.63) is 53.2 Å². The zero-order valence-electron chi connectivity index (χ0n) is 15.1. The fourth-order valence-corrected chi connectivity index (χ4v) is 3.07. The first-order valence-electron chi connectivity index (χ1n) is 8.75. The van der Waals surface area contributed by atoms with E-state index in [1.165, 1.54) is 12.1 Å². The quantitative estimate of drug-likeness (QED) is 0.441. The Morgan fingerprint density at radius 3 is 2.68 bits per heavy atom. The second kappa shape index (κ2) is 8.85. The zero-order chi connectivity index (χ0) is 20.1. The molecular weight excluding hydrogens is 386 g/mol. The third-order valence-electron chi connectivity index (χ3n) is 4.12. The van der Waals surface area contributed by atoms with Gasteiger partial charge < -0.3 is 9.47 Å². The summed E-state index contributed by atoms with van der Waals surface area (Å²) in [5.41, 5.74) is 1.26. The zero-order valence-corrected chi connectivity index (χ0v) is 15.8. The van der Waals surface area contributed by atoms with Gasteiger partial charge in [0, 0.05) is 21.4 Å². The number of ether oxygens (including phenoxy) is 2. The fraction of sp³-hybridized carbons (Fsp3) is 0.238. The fourth-order valence-electron chi connectivity index (χ4n) is 2.88. The van der Waals surface area contributed by atoms with E-state index in [4.69, 9.17) is 16.3 Å². The van der Waals surface area contributed by atoms with Crippen LogP contribution in [0.5, 0.6) is 11.6 Å². The van der Waals surface area contributed by atoms with Gasteiger partial charge in [-0.3, -0.25) is 0 Å². The van der Waals surface area contributed by atoms with Crippen LogP contribution in [0.25, 0.3) is 21.9 Å². The van der Waals surface area contributed by atoms with E-state index in [0.717, 1.165) is 12.8 Å². The van der Waals surface area contributed by atoms with Gasteiger partial charge in [0.2, 0.25) is 5.88 Å². The van der Waals surface area contributed by atoms with Crippen molar-refractivity contribution in [3.63, 3.8) is 0 Å². The summed E-state index contributed by atoms with van der Waals surface area (Å²) in [6.07, 6.45) is 1.77. The number of hydrogen-bond acceptors (Lipinski definition) is 4. The molecule has 0 saturated heterocycles. The molecule has 0 bridgehead atoms. The van der Waals surface area contributed by atoms with Crippen LogP contribution in [0, 0.1) is 11.3 Å². The molecule has 0 unspecified atom stereocenters. The number of rotatable bonds is 7. The highest BCUT2D eigenvalue weighted by atomic mass is 35.5. The highest BCUT2D eigenvalue weighted by Gasteiger charge is 2.18. The number of alkyl halides is 2. The SMILES string of the molecule is CCCCOc1nc(C#N)c(-c2cccc(Cl)c2)c2cc(OC(F)F)ccc12. The second-order valence-corrected chi connectivity index (χ2v) is 6.49. The second-order valence-electron chi connectivity index (χ2n) is 6.05. The first-order valence-corrected chi connectivity index (χ1v) is 9.12. The van der Waals surface area contributed by atoms with Gasteiger partial charge in [-0.1, -0.05) is 37.1 Å². The van der Waals surface area contributed by atoms with Gasteiger partial charge in [0.25, 0.3) is 0 Å². The largest absolute Gasteiger partial charge is 0.477 e. The van der Waals surface area contributed by atoms with Crippen LogP contribution in [0.4, 0.5) is 8.78 Å². The minimum absolute atomic E-state index is 0.0135. The van der Waals surface area contributed by atoms with Crippen molar-refractivity contribution in [1.29, 1.82) is 5.26 Å². The lowest BCUT2D eigenvalue weighted by Gasteiger charge is -2.15. The van der Waals surface area contributed by atoms with Crippen LogP contribution in [-0.4, -0.2) is 18.2 Å². The highest BCUT2D eigenvalue weighted by Crippen LogP contribution is 2.38. The molecule has 0 N–H and O–H groups in total. The third-order valence-corrected chi connectivity index (χ3v) is 4.36. The van der Waals surface area contributed by atoms with Crippen LogP contribution < -0.4 is 9.47 Å². The Morgan fingerprint density at radius 1 is 1.18 bits per heavy atom. The number of hydrogen-bond donors (Lipinski definition) is 0. The topological polar surface area (TPSA) is 55.1 Å². The van der Waals surface area contributed by atoms with E-state index in [1.807, 2.05) is 6.92 Å². The van der Waals surface area contributed by atoms with Crippen molar-refractivity contribution in [1.82, 2.24) is 4.98 Å². The average Bonchev–Trinajstić information content (AvgIpc) is 2.67. The van der Waals surface area contributed by atoms with E-state index in [-0.39, 0.29) is 17.3 Å². The summed E-state index contributed by atoms with van der Waals surface area (Å²) in [7, 11) is 0. The first-order chi connectivity index (χ1) is 13.5. The molecule has 1 heterocycles. The monoisotopic (exact) mass is 402 g/mol. The Morgan fingerprint density at radius 2 is 2.00 bits per heavy atom. The van der Waals surface area contributed by atoms with Crippen molar-refractivity contribution in [3.8, 4) is 28.8 Å². The number of halogens is 3. The van der Waals surface area contributed by atoms with Crippen molar-refractivity contribution in [2.75, 3.05) is 6.61 Å². The Labute approximate surface area is 166 Å². The number of nitrogens with zero attached hydrogens (tertiary/aromatic N) is 2. The molecule has 2 aromatic carbocycles. The number of nitriles is 1. The first kappa shape index (κ1) is 19.8. The molecule has 3 rings (SSSR count). The van der Waals surface area contributed by atoms with Gasteiger partial charge in [-0.25, -0.2) is 4.98 Å². The smallest absolute Gasteiger partial charge is 0.387 e. The molecule has 4 nitrogen and oxygen atoms in total. The maximum atomic E-state index is 12.7. The highest BCUT2D eigenvalue weighted by molar-refractivity contribution is 6.31. The lowest BCUT2D eigenvalue weighted by atomic mass is 9.97. The molecule has 0 radical (unpaired) electrons. The van der Waals surface area contributed by atoms with E-state index in [2.05, 4.69) is 15.8 Å². The molecule has 3 aromatic rings. The molecule has 1 aromatic heterocycles. The number of benzene rings is 2. The Balaban J connectivity index is 2.26. The Hall–Kier alpha value is -2.91. The van der Waals surface area contributed by atoms with E-state index < -0.39 is 6.61 Å². The van der Waals surface area contributed by atoms with Crippen molar-refractivity contribution in [2.45, 2.75) is 26.4 Å². The molecule has 0 spiro atoms. The van der Waals surface area contributed by atoms with E-state index in [1.54, 1.807) is 30.3 Å². The standard InChI is InChI=1S/C21H17ClF2N2O2/c1-2-3-9-27-20-16-8-7-15(28-21(23)24)11-17(16)19(18(12-25)26-20)13-5-4-6-14(22)10-13/h4-8,10-11,21H,2-3,9H2,1H3. The molecule has 28 heavy (non-hydrogen) atoms. The van der Waals surface area contributed by atoms with Gasteiger partial charge >= 0.3 is 6.61 Å². The average molecular weight is 403 g/mol. The molecule has 0 aliphatic carbocycles. The number of aromatic nitrogens is 1. The number of pyridine rings is 1. The summed E-state index contributed by atoms with van der Waals surface area (Å²) < 4.78 is 35.7. The van der Waals surface area contributed by atoms with Crippen molar-refractivity contribution in [2.24, 2.45) is 0 Å². The van der Waals surface area contributed by atoms with E-state index in [0.29, 0.717) is 33.5 Å². The normalized spacial score (nSPS) is 10.9. The van der Waals surface area contributed by atoms with Crippen LogP contribution in [0.15, 0.2) is 42.5 Å². The summed E-state index contributed by atoms with van der Waals surface area (Å²) in [4.78, 5) is 4.37. The third kappa shape index (κ3) is 4.32. The summed E-state index contributed by atoms with van der Waals surface area (Å²) in [5.74, 6) is 0.273. The molecule has 0 aliphatic heterocycles. The molecule has 0 atom stereocenters. The summed E-state index contributed by atoms with van der Waals surface area (Å²) in [6, 6.07) is 13.5. The van der Waals surface area contributed by atoms with Gasteiger partial charge in [0.15, 0.2) is 5.69 Å². The molecular formula is C21H17ClF2N2O2. The van der Waals surface area contributed by atoms with Gasteiger partial charge in [-0.15, -0.1) is 0 Å². The number of unbranched alkanes of at least 4 members (excludes halogenated alkanes) is 1. The number of fused-ring (bicyclic) bond motifs is 1. The molecule has 0 amide bonds. The van der Waals surface area contributed by atoms with Gasteiger partial charge in [-0.2, -0.15) is 14.0 Å². The van der Waals surface area contributed by atoms with E-state index >= 15 is 0 Å². The summed E-state index contributed by atoms with van der Waals surface area (Å²) in [6.45, 7) is -0.481. The van der Waals surface area contributed by atoms with Gasteiger partial charge in [0.05, 0.1) is 6.61 Å². The Kier molecular flexibility index (Phi) is 6.27. The van der Waals surface area contributed by atoms with Crippen molar-refractivity contribution < 1.29 is 18.3 Å². The maximum Gasteiger partial charge on any atom is 0.387 e. The van der Waals surface area contributed by atoms with Crippen LogP contribution in [-0.2, 0) is 0 Å². The minimum Gasteiger partial charge on any atom is -0.477 e. The van der Waals surface area contributed by atoms with Crippen molar-refractivity contribution >= 4 is 22.4 Å². The molecule has 7 heteroatoms. The van der Waals surface area contributed by atoms with Gasteiger partial charge in [-0.05, 0) is 42.3 Å². The molecule has 0 saturated carbocycles. The Bertz CT molecular complexity index is 1030. The van der Waals surface area contributed by atoms with Crippen LogP contribution in [0.3, 0.4) is 0 Å². The summed E-state index contributed by atoms with van der Waals surface area (Å²) >= 11 is 6.11. The lowest BCUT2D eigenvalue weighted by Crippen LogP contribution is -2.04. The van der Waals surface area contributed by atoms with Gasteiger partial charge in [0.1, 0.15) is 11.8 Å². The lowest BCUT2D eigenvalue weighted by molar-refractivity contribution is -0.0497. The summed E-state index contributed by atoms with van der Waals surface area (Å²) in [5, 5.41) is 11.3.